The minimum Gasteiger partial charge on any atom is -0.326 e. The van der Waals surface area contributed by atoms with Gasteiger partial charge in [-0.1, -0.05) is 12.1 Å². The molecule has 20 heavy (non-hydrogen) atoms. The zero-order valence-electron chi connectivity index (χ0n) is 10.7. The topological polar surface area (TPSA) is 43.8 Å². The van der Waals surface area contributed by atoms with Crippen LogP contribution in [0.5, 0.6) is 0 Å². The third-order valence-corrected chi connectivity index (χ3v) is 3.44. The zero-order chi connectivity index (χ0) is 14.3. The second kappa shape index (κ2) is 4.63. The highest BCUT2D eigenvalue weighted by Crippen LogP contribution is 2.42. The van der Waals surface area contributed by atoms with Gasteiger partial charge in [0, 0.05) is 18.2 Å². The summed E-state index contributed by atoms with van der Waals surface area (Å²) in [6.07, 6.45) is -2.57. The van der Waals surface area contributed by atoms with E-state index in [2.05, 4.69) is 5.10 Å². The van der Waals surface area contributed by atoms with Crippen molar-refractivity contribution in [2.24, 2.45) is 5.73 Å². The number of benzene rings is 1. The largest absolute Gasteiger partial charge is 0.435 e. The molecule has 0 unspecified atom stereocenters. The number of alkyl halides is 3. The van der Waals surface area contributed by atoms with E-state index in [9.17, 15) is 13.2 Å². The molecule has 0 radical (unpaired) electrons. The highest BCUT2D eigenvalue weighted by atomic mass is 19.4. The summed E-state index contributed by atoms with van der Waals surface area (Å²) in [5.74, 6) is 0.188. The molecular weight excluding hydrogens is 267 g/mol. The van der Waals surface area contributed by atoms with Crippen molar-refractivity contribution in [3.8, 4) is 5.69 Å². The van der Waals surface area contributed by atoms with Crippen molar-refractivity contribution in [2.45, 2.75) is 31.5 Å². The second-order valence-corrected chi connectivity index (χ2v) is 5.01. The van der Waals surface area contributed by atoms with Gasteiger partial charge < -0.3 is 5.73 Å². The molecular formula is C14H14F3N3. The van der Waals surface area contributed by atoms with Crippen molar-refractivity contribution in [1.82, 2.24) is 9.78 Å². The van der Waals surface area contributed by atoms with Crippen molar-refractivity contribution in [1.29, 1.82) is 0 Å². The van der Waals surface area contributed by atoms with Crippen molar-refractivity contribution in [3.63, 3.8) is 0 Å². The van der Waals surface area contributed by atoms with Gasteiger partial charge in [0.05, 0.1) is 5.69 Å². The van der Waals surface area contributed by atoms with Crippen LogP contribution >= 0.6 is 0 Å². The molecule has 3 rings (SSSR count). The van der Waals surface area contributed by atoms with E-state index in [-0.39, 0.29) is 5.92 Å². The Morgan fingerprint density at radius 1 is 1.20 bits per heavy atom. The van der Waals surface area contributed by atoms with Crippen LogP contribution in [0.15, 0.2) is 30.3 Å². The van der Waals surface area contributed by atoms with E-state index in [4.69, 9.17) is 5.73 Å². The van der Waals surface area contributed by atoms with Crippen LogP contribution in [0.25, 0.3) is 5.69 Å². The Morgan fingerprint density at radius 2 is 1.85 bits per heavy atom. The second-order valence-electron chi connectivity index (χ2n) is 5.01. The molecule has 0 aliphatic heterocycles. The zero-order valence-corrected chi connectivity index (χ0v) is 10.7. The maximum Gasteiger partial charge on any atom is 0.435 e. The Bertz CT molecular complexity index is 610. The molecule has 106 valence electrons. The lowest BCUT2D eigenvalue weighted by Crippen LogP contribution is -2.07. The van der Waals surface area contributed by atoms with Crippen LogP contribution in [0.1, 0.15) is 35.7 Å². The molecule has 1 heterocycles. The number of halogens is 3. The molecule has 1 aliphatic carbocycles. The fourth-order valence-corrected chi connectivity index (χ4v) is 2.18. The molecule has 1 fully saturated rings. The molecule has 1 aromatic carbocycles. The lowest BCUT2D eigenvalue weighted by molar-refractivity contribution is -0.141. The van der Waals surface area contributed by atoms with Gasteiger partial charge >= 0.3 is 6.18 Å². The Labute approximate surface area is 114 Å². The first-order valence-electron chi connectivity index (χ1n) is 6.45. The quantitative estimate of drug-likeness (QED) is 0.938. The van der Waals surface area contributed by atoms with E-state index < -0.39 is 11.9 Å². The predicted octanol–water partition coefficient (Wildman–Crippen LogP) is 3.23. The van der Waals surface area contributed by atoms with Gasteiger partial charge in [0.2, 0.25) is 0 Å². The summed E-state index contributed by atoms with van der Waals surface area (Å²) in [5, 5.41) is 3.73. The van der Waals surface area contributed by atoms with Crippen molar-refractivity contribution in [3.05, 3.63) is 47.3 Å². The lowest BCUT2D eigenvalue weighted by atomic mass is 10.2. The van der Waals surface area contributed by atoms with Crippen LogP contribution in [0.4, 0.5) is 13.2 Å². The predicted molar refractivity (Wildman–Crippen MR) is 68.4 cm³/mol. The maximum absolute atomic E-state index is 12.8. The maximum atomic E-state index is 12.8. The van der Waals surface area contributed by atoms with Crippen LogP contribution in [0, 0.1) is 0 Å². The molecule has 2 aromatic rings. The average Bonchev–Trinajstić information content (AvgIpc) is 3.16. The Morgan fingerprint density at radius 3 is 2.35 bits per heavy atom. The highest BCUT2D eigenvalue weighted by molar-refractivity contribution is 5.38. The van der Waals surface area contributed by atoms with Gasteiger partial charge in [-0.2, -0.15) is 18.3 Å². The Balaban J connectivity index is 2.04. The first-order valence-corrected chi connectivity index (χ1v) is 6.45. The first kappa shape index (κ1) is 13.2. The molecule has 1 aliphatic rings. The summed E-state index contributed by atoms with van der Waals surface area (Å²) in [5.41, 5.74) is 6.90. The van der Waals surface area contributed by atoms with Crippen LogP contribution in [0.2, 0.25) is 0 Å². The molecule has 1 saturated carbocycles. The van der Waals surface area contributed by atoms with Crippen LogP contribution in [-0.2, 0) is 12.7 Å². The van der Waals surface area contributed by atoms with Gasteiger partial charge in [-0.05, 0) is 36.6 Å². The number of hydrogen-bond acceptors (Lipinski definition) is 2. The summed E-state index contributed by atoms with van der Waals surface area (Å²) in [6.45, 7) is 0.405. The lowest BCUT2D eigenvalue weighted by Gasteiger charge is -2.07. The smallest absolute Gasteiger partial charge is 0.326 e. The van der Waals surface area contributed by atoms with Gasteiger partial charge in [0.15, 0.2) is 5.69 Å². The molecule has 0 bridgehead atoms. The third-order valence-electron chi connectivity index (χ3n) is 3.44. The molecule has 0 atom stereocenters. The van der Waals surface area contributed by atoms with Crippen molar-refractivity contribution in [2.75, 3.05) is 0 Å². The molecule has 0 saturated heterocycles. The molecule has 0 spiro atoms. The number of rotatable bonds is 3. The summed E-state index contributed by atoms with van der Waals surface area (Å²) in [4.78, 5) is 0. The van der Waals surface area contributed by atoms with E-state index in [0.717, 1.165) is 24.5 Å². The molecule has 1 aromatic heterocycles. The fraction of sp³-hybridized carbons (Fsp3) is 0.357. The number of hydrogen-bond donors (Lipinski definition) is 1. The van der Waals surface area contributed by atoms with E-state index in [1.165, 1.54) is 4.68 Å². The monoisotopic (exact) mass is 281 g/mol. The van der Waals surface area contributed by atoms with Crippen LogP contribution in [-0.4, -0.2) is 9.78 Å². The standard InChI is InChI=1S/C14H14F3N3/c15-14(16,17)13-7-12(10-3-4-10)20(19-13)11-5-1-9(8-18)2-6-11/h1-2,5-7,10H,3-4,8,18H2. The molecule has 6 heteroatoms. The minimum atomic E-state index is -4.41. The third kappa shape index (κ3) is 2.43. The van der Waals surface area contributed by atoms with Crippen LogP contribution in [0.3, 0.4) is 0 Å². The number of aromatic nitrogens is 2. The Kier molecular flexibility index (Phi) is 3.05. The summed E-state index contributed by atoms with van der Waals surface area (Å²) >= 11 is 0. The Hall–Kier alpha value is -1.82. The van der Waals surface area contributed by atoms with E-state index in [0.29, 0.717) is 17.9 Å². The minimum absolute atomic E-state index is 0.188. The number of nitrogens with zero attached hydrogens (tertiary/aromatic N) is 2. The van der Waals surface area contributed by atoms with E-state index >= 15 is 0 Å². The van der Waals surface area contributed by atoms with Gasteiger partial charge in [-0.3, -0.25) is 0 Å². The molecule has 2 N–H and O–H groups in total. The normalized spacial score (nSPS) is 15.6. The van der Waals surface area contributed by atoms with Gasteiger partial charge in [0.25, 0.3) is 0 Å². The van der Waals surface area contributed by atoms with Gasteiger partial charge in [0.1, 0.15) is 0 Å². The first-order chi connectivity index (χ1) is 9.49. The molecule has 3 nitrogen and oxygen atoms in total. The summed E-state index contributed by atoms with van der Waals surface area (Å²) in [6, 6.07) is 8.28. The summed E-state index contributed by atoms with van der Waals surface area (Å²) < 4.78 is 39.8. The van der Waals surface area contributed by atoms with Gasteiger partial charge in [-0.25, -0.2) is 4.68 Å². The fourth-order valence-electron chi connectivity index (χ4n) is 2.18. The van der Waals surface area contributed by atoms with E-state index in [1.54, 1.807) is 24.3 Å². The van der Waals surface area contributed by atoms with Crippen molar-refractivity contribution < 1.29 is 13.2 Å². The van der Waals surface area contributed by atoms with Crippen molar-refractivity contribution >= 4 is 0 Å². The highest BCUT2D eigenvalue weighted by Gasteiger charge is 2.38. The average molecular weight is 281 g/mol. The van der Waals surface area contributed by atoms with Gasteiger partial charge in [-0.15, -0.1) is 0 Å². The van der Waals surface area contributed by atoms with E-state index in [1.807, 2.05) is 0 Å². The van der Waals surface area contributed by atoms with Crippen LogP contribution < -0.4 is 5.73 Å². The molecule has 0 amide bonds. The number of nitrogens with two attached hydrogens (primary N) is 1. The summed E-state index contributed by atoms with van der Waals surface area (Å²) in [7, 11) is 0. The SMILES string of the molecule is NCc1ccc(-n2nc(C(F)(F)F)cc2C2CC2)cc1.